The zero-order chi connectivity index (χ0) is 19.0. The second kappa shape index (κ2) is 6.64. The second-order valence-electron chi connectivity index (χ2n) is 6.19. The van der Waals surface area contributed by atoms with Crippen molar-refractivity contribution in [1.29, 1.82) is 0 Å². The SMILES string of the molecule is Cc1ccc(-c2onc3ccc(C(=O)Nc4ccc(F)c(F)c4)cc23)cc1. The van der Waals surface area contributed by atoms with Gasteiger partial charge in [0.15, 0.2) is 17.4 Å². The monoisotopic (exact) mass is 364 g/mol. The van der Waals surface area contributed by atoms with E-state index in [-0.39, 0.29) is 5.69 Å². The Morgan fingerprint density at radius 3 is 2.48 bits per heavy atom. The van der Waals surface area contributed by atoms with Crippen molar-refractivity contribution in [3.63, 3.8) is 0 Å². The first-order valence-electron chi connectivity index (χ1n) is 8.24. The van der Waals surface area contributed by atoms with Gasteiger partial charge in [-0.3, -0.25) is 4.79 Å². The Balaban J connectivity index is 1.68. The van der Waals surface area contributed by atoms with Crippen LogP contribution in [0, 0.1) is 18.6 Å². The van der Waals surface area contributed by atoms with E-state index in [2.05, 4.69) is 10.5 Å². The summed E-state index contributed by atoms with van der Waals surface area (Å²) in [6, 6.07) is 15.9. The molecule has 0 atom stereocenters. The number of anilines is 1. The fourth-order valence-electron chi connectivity index (χ4n) is 2.77. The van der Waals surface area contributed by atoms with Gasteiger partial charge in [-0.1, -0.05) is 35.0 Å². The van der Waals surface area contributed by atoms with Crippen molar-refractivity contribution in [2.24, 2.45) is 0 Å². The molecule has 0 spiro atoms. The Bertz CT molecular complexity index is 1150. The molecule has 1 aromatic heterocycles. The zero-order valence-corrected chi connectivity index (χ0v) is 14.3. The topological polar surface area (TPSA) is 55.1 Å². The summed E-state index contributed by atoms with van der Waals surface area (Å²) in [5.41, 5.74) is 3.11. The molecule has 1 amide bonds. The Morgan fingerprint density at radius 2 is 1.74 bits per heavy atom. The van der Waals surface area contributed by atoms with E-state index in [0.717, 1.165) is 23.3 Å². The smallest absolute Gasteiger partial charge is 0.255 e. The van der Waals surface area contributed by atoms with E-state index in [1.54, 1.807) is 18.2 Å². The van der Waals surface area contributed by atoms with Crippen molar-refractivity contribution in [3.05, 3.63) is 83.4 Å². The van der Waals surface area contributed by atoms with Gasteiger partial charge in [-0.15, -0.1) is 0 Å². The molecule has 0 aliphatic heterocycles. The molecule has 4 nitrogen and oxygen atoms in total. The molecular weight excluding hydrogens is 350 g/mol. The summed E-state index contributed by atoms with van der Waals surface area (Å²) in [4.78, 5) is 12.5. The van der Waals surface area contributed by atoms with Gasteiger partial charge in [-0.25, -0.2) is 8.78 Å². The van der Waals surface area contributed by atoms with Crippen LogP contribution < -0.4 is 5.32 Å². The number of aromatic nitrogens is 1. The Morgan fingerprint density at radius 1 is 0.963 bits per heavy atom. The molecule has 0 unspecified atom stereocenters. The number of hydrogen-bond donors (Lipinski definition) is 1. The number of carbonyl (C=O) groups excluding carboxylic acids is 1. The molecule has 3 aromatic carbocycles. The number of carbonyl (C=O) groups is 1. The lowest BCUT2D eigenvalue weighted by Gasteiger charge is -2.06. The molecule has 134 valence electrons. The van der Waals surface area contributed by atoms with Crippen LogP contribution in [-0.4, -0.2) is 11.1 Å². The highest BCUT2D eigenvalue weighted by molar-refractivity contribution is 6.07. The lowest BCUT2D eigenvalue weighted by atomic mass is 10.0. The summed E-state index contributed by atoms with van der Waals surface area (Å²) >= 11 is 0. The molecule has 4 rings (SSSR count). The minimum atomic E-state index is -1.02. The summed E-state index contributed by atoms with van der Waals surface area (Å²) in [6.45, 7) is 1.99. The van der Waals surface area contributed by atoms with Crippen molar-refractivity contribution in [2.75, 3.05) is 5.32 Å². The van der Waals surface area contributed by atoms with Gasteiger partial charge in [0.25, 0.3) is 5.91 Å². The van der Waals surface area contributed by atoms with Crippen molar-refractivity contribution >= 4 is 22.5 Å². The van der Waals surface area contributed by atoms with Crippen LogP contribution in [0.4, 0.5) is 14.5 Å². The predicted molar refractivity (Wildman–Crippen MR) is 98.5 cm³/mol. The largest absolute Gasteiger partial charge is 0.355 e. The van der Waals surface area contributed by atoms with Gasteiger partial charge in [0.2, 0.25) is 0 Å². The van der Waals surface area contributed by atoms with E-state index in [1.807, 2.05) is 31.2 Å². The molecule has 0 fully saturated rings. The number of benzene rings is 3. The fourth-order valence-corrected chi connectivity index (χ4v) is 2.77. The first kappa shape index (κ1) is 16.9. The van der Waals surface area contributed by atoms with Crippen LogP contribution in [0.2, 0.25) is 0 Å². The number of rotatable bonds is 3. The van der Waals surface area contributed by atoms with Crippen molar-refractivity contribution in [2.45, 2.75) is 6.92 Å². The zero-order valence-electron chi connectivity index (χ0n) is 14.3. The third-order valence-electron chi connectivity index (χ3n) is 4.23. The summed E-state index contributed by atoms with van der Waals surface area (Å²) in [6.07, 6.45) is 0. The van der Waals surface area contributed by atoms with Gasteiger partial charge >= 0.3 is 0 Å². The van der Waals surface area contributed by atoms with Gasteiger partial charge in [0.1, 0.15) is 5.52 Å². The number of amides is 1. The predicted octanol–water partition coefficient (Wildman–Crippen LogP) is 5.33. The Kier molecular flexibility index (Phi) is 4.16. The lowest BCUT2D eigenvalue weighted by molar-refractivity contribution is 0.102. The van der Waals surface area contributed by atoms with E-state index in [9.17, 15) is 13.6 Å². The number of nitrogens with zero attached hydrogens (tertiary/aromatic N) is 1. The standard InChI is InChI=1S/C21H14F2N2O2/c1-12-2-4-13(5-3-12)20-16-10-14(6-9-19(16)25-27-20)21(26)24-15-7-8-17(22)18(23)11-15/h2-11H,1H3,(H,24,26). The second-order valence-corrected chi connectivity index (χ2v) is 6.19. The number of fused-ring (bicyclic) bond motifs is 1. The van der Waals surface area contributed by atoms with Gasteiger partial charge in [0.05, 0.1) is 5.39 Å². The molecule has 0 aliphatic carbocycles. The van der Waals surface area contributed by atoms with Crippen LogP contribution in [0.15, 0.2) is 65.2 Å². The lowest BCUT2D eigenvalue weighted by Crippen LogP contribution is -2.12. The fraction of sp³-hybridized carbons (Fsp3) is 0.0476. The van der Waals surface area contributed by atoms with E-state index >= 15 is 0 Å². The highest BCUT2D eigenvalue weighted by atomic mass is 19.2. The van der Waals surface area contributed by atoms with Gasteiger partial charge in [0, 0.05) is 22.9 Å². The number of aryl methyl sites for hydroxylation is 1. The van der Waals surface area contributed by atoms with Gasteiger partial charge in [-0.2, -0.15) is 0 Å². The van der Waals surface area contributed by atoms with E-state index in [0.29, 0.717) is 22.2 Å². The average molecular weight is 364 g/mol. The first-order chi connectivity index (χ1) is 13.0. The Hall–Kier alpha value is -3.54. The van der Waals surface area contributed by atoms with Gasteiger partial charge < -0.3 is 9.84 Å². The van der Waals surface area contributed by atoms with Crippen molar-refractivity contribution < 1.29 is 18.1 Å². The molecule has 6 heteroatoms. The van der Waals surface area contributed by atoms with Crippen molar-refractivity contribution in [3.8, 4) is 11.3 Å². The molecule has 27 heavy (non-hydrogen) atoms. The summed E-state index contributed by atoms with van der Waals surface area (Å²) in [5, 5.41) is 7.27. The number of nitrogens with one attached hydrogen (secondary N) is 1. The summed E-state index contributed by atoms with van der Waals surface area (Å²) < 4.78 is 31.8. The summed E-state index contributed by atoms with van der Waals surface area (Å²) in [7, 11) is 0. The number of halogens is 2. The molecule has 4 aromatic rings. The maximum Gasteiger partial charge on any atom is 0.255 e. The maximum absolute atomic E-state index is 13.3. The highest BCUT2D eigenvalue weighted by Gasteiger charge is 2.15. The maximum atomic E-state index is 13.3. The molecule has 0 aliphatic rings. The van der Waals surface area contributed by atoms with E-state index in [4.69, 9.17) is 4.52 Å². The third-order valence-corrected chi connectivity index (χ3v) is 4.23. The van der Waals surface area contributed by atoms with Gasteiger partial charge in [-0.05, 0) is 37.3 Å². The molecule has 0 bridgehead atoms. The Labute approximate surface area is 153 Å². The molecular formula is C21H14F2N2O2. The van der Waals surface area contributed by atoms with E-state index in [1.165, 1.54) is 6.07 Å². The molecule has 1 heterocycles. The molecule has 1 N–H and O–H groups in total. The molecule has 0 radical (unpaired) electrons. The number of hydrogen-bond acceptors (Lipinski definition) is 3. The minimum Gasteiger partial charge on any atom is -0.355 e. The molecule has 0 saturated heterocycles. The van der Waals surface area contributed by atoms with Crippen LogP contribution in [0.25, 0.3) is 22.2 Å². The third kappa shape index (κ3) is 3.29. The van der Waals surface area contributed by atoms with Crippen molar-refractivity contribution in [1.82, 2.24) is 5.16 Å². The van der Waals surface area contributed by atoms with Crippen LogP contribution in [0.5, 0.6) is 0 Å². The average Bonchev–Trinajstić information content (AvgIpc) is 3.08. The van der Waals surface area contributed by atoms with Crippen LogP contribution in [0.3, 0.4) is 0 Å². The van der Waals surface area contributed by atoms with Crippen LogP contribution in [-0.2, 0) is 0 Å². The normalized spacial score (nSPS) is 10.9. The van der Waals surface area contributed by atoms with E-state index < -0.39 is 17.5 Å². The quantitative estimate of drug-likeness (QED) is 0.534. The minimum absolute atomic E-state index is 0.170. The highest BCUT2D eigenvalue weighted by Crippen LogP contribution is 2.29. The first-order valence-corrected chi connectivity index (χ1v) is 8.24. The molecule has 0 saturated carbocycles. The van der Waals surface area contributed by atoms with Crippen LogP contribution >= 0.6 is 0 Å². The summed E-state index contributed by atoms with van der Waals surface area (Å²) in [5.74, 6) is -1.88. The van der Waals surface area contributed by atoms with Crippen LogP contribution in [0.1, 0.15) is 15.9 Å².